The van der Waals surface area contributed by atoms with E-state index in [1.807, 2.05) is 30.5 Å². The fourth-order valence-electron chi connectivity index (χ4n) is 1.74. The predicted octanol–water partition coefficient (Wildman–Crippen LogP) is 3.32. The highest BCUT2D eigenvalue weighted by atomic mass is 32.2. The predicted molar refractivity (Wildman–Crippen MR) is 75.0 cm³/mol. The van der Waals surface area contributed by atoms with Crippen LogP contribution in [-0.4, -0.2) is 36.6 Å². The van der Waals surface area contributed by atoms with Gasteiger partial charge < -0.3 is 0 Å². The SMILES string of the molecule is CCCN(CC)CC(=O)c1ccc(SC)cc1. The van der Waals surface area contributed by atoms with Crippen LogP contribution in [0.4, 0.5) is 0 Å². The first-order valence-electron chi connectivity index (χ1n) is 6.10. The minimum Gasteiger partial charge on any atom is -0.296 e. The van der Waals surface area contributed by atoms with E-state index in [1.54, 1.807) is 11.8 Å². The summed E-state index contributed by atoms with van der Waals surface area (Å²) in [5.41, 5.74) is 0.817. The molecule has 0 N–H and O–H groups in total. The molecule has 0 radical (unpaired) electrons. The molecule has 0 saturated carbocycles. The van der Waals surface area contributed by atoms with Crippen molar-refractivity contribution in [3.8, 4) is 0 Å². The number of rotatable bonds is 7. The second kappa shape index (κ2) is 7.51. The third-order valence-electron chi connectivity index (χ3n) is 2.77. The topological polar surface area (TPSA) is 20.3 Å². The van der Waals surface area contributed by atoms with E-state index in [-0.39, 0.29) is 5.78 Å². The van der Waals surface area contributed by atoms with Gasteiger partial charge in [-0.2, -0.15) is 0 Å². The van der Waals surface area contributed by atoms with E-state index in [2.05, 4.69) is 18.7 Å². The Bertz CT molecular complexity index is 348. The average molecular weight is 251 g/mol. The molecule has 3 heteroatoms. The molecule has 0 aliphatic rings. The van der Waals surface area contributed by atoms with Gasteiger partial charge in [-0.15, -0.1) is 11.8 Å². The molecule has 0 fully saturated rings. The van der Waals surface area contributed by atoms with E-state index >= 15 is 0 Å². The number of likely N-dealkylation sites (N-methyl/N-ethyl adjacent to an activating group) is 1. The summed E-state index contributed by atoms with van der Waals surface area (Å²) in [6.45, 7) is 6.69. The monoisotopic (exact) mass is 251 g/mol. The third kappa shape index (κ3) is 4.52. The summed E-state index contributed by atoms with van der Waals surface area (Å²) in [6, 6.07) is 7.86. The molecule has 17 heavy (non-hydrogen) atoms. The quantitative estimate of drug-likeness (QED) is 0.547. The lowest BCUT2D eigenvalue weighted by Crippen LogP contribution is -2.30. The molecule has 1 aromatic carbocycles. The maximum atomic E-state index is 12.0. The second-order valence-corrected chi connectivity index (χ2v) is 4.90. The Kier molecular flexibility index (Phi) is 6.30. The Hall–Kier alpha value is -0.800. The third-order valence-corrected chi connectivity index (χ3v) is 3.51. The van der Waals surface area contributed by atoms with Gasteiger partial charge in [0.25, 0.3) is 0 Å². The van der Waals surface area contributed by atoms with Crippen LogP contribution in [-0.2, 0) is 0 Å². The molecular weight excluding hydrogens is 230 g/mol. The summed E-state index contributed by atoms with van der Waals surface area (Å²) in [5, 5.41) is 0. The highest BCUT2D eigenvalue weighted by molar-refractivity contribution is 7.98. The van der Waals surface area contributed by atoms with Gasteiger partial charge in [-0.05, 0) is 37.9 Å². The highest BCUT2D eigenvalue weighted by Gasteiger charge is 2.10. The largest absolute Gasteiger partial charge is 0.296 e. The number of thioether (sulfide) groups is 1. The molecule has 0 aromatic heterocycles. The standard InChI is InChI=1S/C14H21NOS/c1-4-10-15(5-2)11-14(16)12-6-8-13(17-3)9-7-12/h6-9H,4-5,10-11H2,1-3H3. The minimum absolute atomic E-state index is 0.216. The van der Waals surface area contributed by atoms with Gasteiger partial charge in [0.2, 0.25) is 0 Å². The number of hydrogen-bond acceptors (Lipinski definition) is 3. The fourth-order valence-corrected chi connectivity index (χ4v) is 2.14. The van der Waals surface area contributed by atoms with Crippen molar-refractivity contribution in [3.63, 3.8) is 0 Å². The molecule has 0 spiro atoms. The van der Waals surface area contributed by atoms with Crippen LogP contribution in [0.1, 0.15) is 30.6 Å². The van der Waals surface area contributed by atoms with Crippen molar-refractivity contribution in [2.75, 3.05) is 25.9 Å². The molecule has 94 valence electrons. The molecule has 0 aliphatic carbocycles. The van der Waals surface area contributed by atoms with Gasteiger partial charge in [0.1, 0.15) is 0 Å². The summed E-state index contributed by atoms with van der Waals surface area (Å²) in [5.74, 6) is 0.216. The smallest absolute Gasteiger partial charge is 0.176 e. The summed E-state index contributed by atoms with van der Waals surface area (Å²) in [6.07, 6.45) is 3.13. The van der Waals surface area contributed by atoms with Gasteiger partial charge in [-0.1, -0.05) is 26.0 Å². The average Bonchev–Trinajstić information content (AvgIpc) is 2.38. The second-order valence-electron chi connectivity index (χ2n) is 4.02. The van der Waals surface area contributed by atoms with Gasteiger partial charge in [0.05, 0.1) is 6.54 Å². The summed E-state index contributed by atoms with van der Waals surface area (Å²) in [4.78, 5) is 15.4. The van der Waals surface area contributed by atoms with Crippen molar-refractivity contribution >= 4 is 17.5 Å². The number of benzene rings is 1. The Labute approximate surface area is 108 Å². The van der Waals surface area contributed by atoms with Crippen molar-refractivity contribution in [2.45, 2.75) is 25.2 Å². The van der Waals surface area contributed by atoms with E-state index in [9.17, 15) is 4.79 Å². The van der Waals surface area contributed by atoms with Crippen LogP contribution in [0.15, 0.2) is 29.2 Å². The molecule has 0 unspecified atom stereocenters. The van der Waals surface area contributed by atoms with E-state index in [0.29, 0.717) is 6.54 Å². The first-order chi connectivity index (χ1) is 8.21. The lowest BCUT2D eigenvalue weighted by Gasteiger charge is -2.18. The van der Waals surface area contributed by atoms with Crippen LogP contribution in [0.3, 0.4) is 0 Å². The Morgan fingerprint density at radius 3 is 2.35 bits per heavy atom. The van der Waals surface area contributed by atoms with Crippen LogP contribution in [0.2, 0.25) is 0 Å². The van der Waals surface area contributed by atoms with Crippen LogP contribution >= 0.6 is 11.8 Å². The van der Waals surface area contributed by atoms with Crippen molar-refractivity contribution in [3.05, 3.63) is 29.8 Å². The summed E-state index contributed by atoms with van der Waals surface area (Å²) < 4.78 is 0. The zero-order valence-electron chi connectivity index (χ0n) is 10.9. The number of nitrogens with zero attached hydrogens (tertiary/aromatic N) is 1. The first kappa shape index (κ1) is 14.3. The van der Waals surface area contributed by atoms with Crippen LogP contribution < -0.4 is 0 Å². The molecule has 1 aromatic rings. The molecule has 0 aliphatic heterocycles. The van der Waals surface area contributed by atoms with Crippen LogP contribution in [0.5, 0.6) is 0 Å². The molecule has 0 atom stereocenters. The number of carbonyl (C=O) groups is 1. The fraction of sp³-hybridized carbons (Fsp3) is 0.500. The van der Waals surface area contributed by atoms with Gasteiger partial charge in [-0.3, -0.25) is 9.69 Å². The molecule has 0 amide bonds. The van der Waals surface area contributed by atoms with E-state index in [1.165, 1.54) is 4.90 Å². The zero-order valence-corrected chi connectivity index (χ0v) is 11.7. The van der Waals surface area contributed by atoms with Gasteiger partial charge >= 0.3 is 0 Å². The number of hydrogen-bond donors (Lipinski definition) is 0. The molecule has 2 nitrogen and oxygen atoms in total. The molecular formula is C14H21NOS. The Morgan fingerprint density at radius 2 is 1.88 bits per heavy atom. The maximum absolute atomic E-state index is 12.0. The highest BCUT2D eigenvalue weighted by Crippen LogP contribution is 2.15. The Morgan fingerprint density at radius 1 is 1.24 bits per heavy atom. The number of Topliss-reactive ketones (excluding diaryl/α,β-unsaturated/α-hetero) is 1. The Balaban J connectivity index is 2.62. The normalized spacial score (nSPS) is 10.8. The summed E-state index contributed by atoms with van der Waals surface area (Å²) in [7, 11) is 0. The van der Waals surface area contributed by atoms with E-state index in [4.69, 9.17) is 0 Å². The van der Waals surface area contributed by atoms with Gasteiger partial charge in [0.15, 0.2) is 5.78 Å². The van der Waals surface area contributed by atoms with Crippen LogP contribution in [0, 0.1) is 0 Å². The first-order valence-corrected chi connectivity index (χ1v) is 7.33. The van der Waals surface area contributed by atoms with E-state index < -0.39 is 0 Å². The number of carbonyl (C=O) groups excluding carboxylic acids is 1. The van der Waals surface area contributed by atoms with E-state index in [0.717, 1.165) is 25.1 Å². The molecule has 0 saturated heterocycles. The van der Waals surface area contributed by atoms with Crippen LogP contribution in [0.25, 0.3) is 0 Å². The van der Waals surface area contributed by atoms with Crippen molar-refractivity contribution < 1.29 is 4.79 Å². The molecule has 1 rings (SSSR count). The lowest BCUT2D eigenvalue weighted by molar-refractivity contribution is 0.0934. The number of ketones is 1. The van der Waals surface area contributed by atoms with Gasteiger partial charge in [-0.25, -0.2) is 0 Å². The molecule has 0 heterocycles. The lowest BCUT2D eigenvalue weighted by atomic mass is 10.1. The van der Waals surface area contributed by atoms with Gasteiger partial charge in [0, 0.05) is 10.5 Å². The summed E-state index contributed by atoms with van der Waals surface area (Å²) >= 11 is 1.69. The van der Waals surface area contributed by atoms with Crippen molar-refractivity contribution in [2.24, 2.45) is 0 Å². The zero-order chi connectivity index (χ0) is 12.7. The van der Waals surface area contributed by atoms with Crippen molar-refractivity contribution in [1.29, 1.82) is 0 Å². The van der Waals surface area contributed by atoms with Crippen molar-refractivity contribution in [1.82, 2.24) is 4.90 Å². The molecule has 0 bridgehead atoms. The maximum Gasteiger partial charge on any atom is 0.176 e. The minimum atomic E-state index is 0.216.